The Morgan fingerprint density at radius 2 is 2.06 bits per heavy atom. The molecule has 0 aliphatic carbocycles. The first-order chi connectivity index (χ1) is 16.7. The van der Waals surface area contributed by atoms with Gasteiger partial charge in [-0.2, -0.15) is 13.2 Å². The number of halogens is 3. The first kappa shape index (κ1) is 22.7. The number of alkyl halides is 3. The number of aromatic amines is 1. The van der Waals surface area contributed by atoms with Gasteiger partial charge in [-0.3, -0.25) is 15.0 Å². The van der Waals surface area contributed by atoms with Crippen LogP contribution in [0.3, 0.4) is 0 Å². The van der Waals surface area contributed by atoms with Crippen LogP contribution in [0, 0.1) is 6.92 Å². The lowest BCUT2D eigenvalue weighted by Crippen LogP contribution is -2.48. The van der Waals surface area contributed by atoms with Gasteiger partial charge >= 0.3 is 12.2 Å². The van der Waals surface area contributed by atoms with E-state index in [0.717, 1.165) is 17.1 Å². The van der Waals surface area contributed by atoms with Gasteiger partial charge in [0, 0.05) is 31.3 Å². The Balaban J connectivity index is 1.41. The highest BCUT2D eigenvalue weighted by atomic mass is 19.4. The number of aryl methyl sites for hydroxylation is 1. The summed E-state index contributed by atoms with van der Waals surface area (Å²) in [6, 6.07) is 2.76. The Bertz CT molecular complexity index is 1290. The van der Waals surface area contributed by atoms with E-state index in [2.05, 4.69) is 30.2 Å². The number of pyridine rings is 1. The molecule has 3 aromatic heterocycles. The van der Waals surface area contributed by atoms with Crippen LogP contribution in [0.2, 0.25) is 0 Å². The molecule has 0 radical (unpaired) electrons. The number of anilines is 3. The molecule has 10 nitrogen and oxygen atoms in total. The van der Waals surface area contributed by atoms with Gasteiger partial charge in [-0.05, 0) is 25.5 Å². The van der Waals surface area contributed by atoms with Crippen LogP contribution >= 0.6 is 0 Å². The minimum absolute atomic E-state index is 0.196. The number of hydrogen-bond donors (Lipinski definition) is 2. The van der Waals surface area contributed by atoms with Crippen molar-refractivity contribution in [1.29, 1.82) is 0 Å². The number of H-pyrrole nitrogens is 1. The molecule has 0 spiro atoms. The van der Waals surface area contributed by atoms with Crippen LogP contribution in [0.15, 0.2) is 30.7 Å². The van der Waals surface area contributed by atoms with Crippen molar-refractivity contribution in [1.82, 2.24) is 24.9 Å². The molecule has 0 saturated carbocycles. The Kier molecular flexibility index (Phi) is 5.61. The molecule has 13 heteroatoms. The number of hydrogen-bond acceptors (Lipinski definition) is 7. The molecule has 2 amide bonds. The summed E-state index contributed by atoms with van der Waals surface area (Å²) < 4.78 is 37.7. The summed E-state index contributed by atoms with van der Waals surface area (Å²) in [6.07, 6.45) is -1.18. The number of nitrogens with zero attached hydrogens (tertiary/aromatic N) is 6. The zero-order chi connectivity index (χ0) is 24.7. The summed E-state index contributed by atoms with van der Waals surface area (Å²) in [6.45, 7) is 3.06. The van der Waals surface area contributed by atoms with E-state index in [9.17, 15) is 22.8 Å². The molecule has 182 valence electrons. The van der Waals surface area contributed by atoms with E-state index in [1.807, 2.05) is 11.8 Å². The summed E-state index contributed by atoms with van der Waals surface area (Å²) in [7, 11) is 0. The van der Waals surface area contributed by atoms with Crippen molar-refractivity contribution in [3.05, 3.63) is 42.4 Å². The second kappa shape index (κ2) is 8.64. The molecule has 2 N–H and O–H groups in total. The van der Waals surface area contributed by atoms with Crippen LogP contribution in [0.5, 0.6) is 0 Å². The summed E-state index contributed by atoms with van der Waals surface area (Å²) in [5, 5.41) is 2.78. The fraction of sp³-hybridized carbons (Fsp3) is 0.364. The van der Waals surface area contributed by atoms with E-state index in [1.54, 1.807) is 24.5 Å². The highest BCUT2D eigenvalue weighted by Gasteiger charge is 2.41. The number of carbonyl (C=O) groups excluding carboxylic acids is 2. The highest BCUT2D eigenvalue weighted by Crippen LogP contribution is 2.38. The second-order valence-corrected chi connectivity index (χ2v) is 8.44. The average Bonchev–Trinajstić information content (AvgIpc) is 3.44. The molecule has 0 aromatic carbocycles. The number of nitrogens with one attached hydrogen (secondary N) is 2. The molecule has 35 heavy (non-hydrogen) atoms. The topological polar surface area (TPSA) is 120 Å². The van der Waals surface area contributed by atoms with Gasteiger partial charge in [-0.1, -0.05) is 0 Å². The van der Waals surface area contributed by atoms with Crippen molar-refractivity contribution in [2.45, 2.75) is 38.4 Å². The van der Waals surface area contributed by atoms with Crippen LogP contribution < -0.4 is 15.1 Å². The molecule has 5 rings (SSSR count). The minimum Gasteiger partial charge on any atom is -0.365 e. The van der Waals surface area contributed by atoms with Gasteiger partial charge in [-0.15, -0.1) is 0 Å². The van der Waals surface area contributed by atoms with Gasteiger partial charge in [0.1, 0.15) is 11.6 Å². The number of aromatic nitrogens is 5. The summed E-state index contributed by atoms with van der Waals surface area (Å²) in [5.41, 5.74) is 2.10. The lowest BCUT2D eigenvalue weighted by molar-refractivity contribution is -0.133. The standard InChI is InChI=1S/C22H21F3N8O2/c1-12-27-9-15(29-12)13-3-6-26-18(8-13)30-21(35)33-14-4-7-32(11-14)16-10-28-19(31-20(16)33)17(34)2-5-22(23,24)25/h3,6,8-10,14H,2,4-5,7,11H2,1H3,(H,27,29)(H,26,30,35)/t14-/m0/s1. The lowest BCUT2D eigenvalue weighted by atomic mass is 10.1. The molecule has 1 atom stereocenters. The first-order valence-electron chi connectivity index (χ1n) is 11.0. The Morgan fingerprint density at radius 1 is 1.23 bits per heavy atom. The van der Waals surface area contributed by atoms with E-state index in [0.29, 0.717) is 31.0 Å². The smallest absolute Gasteiger partial charge is 0.365 e. The number of rotatable bonds is 5. The highest BCUT2D eigenvalue weighted by molar-refractivity contribution is 6.04. The number of ketones is 1. The largest absolute Gasteiger partial charge is 0.389 e. The monoisotopic (exact) mass is 486 g/mol. The van der Waals surface area contributed by atoms with Crippen molar-refractivity contribution in [2.75, 3.05) is 28.2 Å². The average molecular weight is 486 g/mol. The van der Waals surface area contributed by atoms with Crippen LogP contribution in [0.4, 0.5) is 35.3 Å². The van der Waals surface area contributed by atoms with Crippen molar-refractivity contribution in [2.24, 2.45) is 0 Å². The number of fused-ring (bicyclic) bond motifs is 4. The van der Waals surface area contributed by atoms with E-state index < -0.39 is 30.8 Å². The van der Waals surface area contributed by atoms with Gasteiger partial charge in [0.2, 0.25) is 0 Å². The van der Waals surface area contributed by atoms with Gasteiger partial charge in [0.05, 0.1) is 36.2 Å². The fourth-order valence-electron chi connectivity index (χ4n) is 4.28. The van der Waals surface area contributed by atoms with Crippen molar-refractivity contribution in [3.63, 3.8) is 0 Å². The van der Waals surface area contributed by atoms with Crippen molar-refractivity contribution >= 4 is 29.1 Å². The Labute approximate surface area is 197 Å². The predicted octanol–water partition coefficient (Wildman–Crippen LogP) is 3.73. The predicted molar refractivity (Wildman–Crippen MR) is 120 cm³/mol. The summed E-state index contributed by atoms with van der Waals surface area (Å²) in [4.78, 5) is 48.8. The molecule has 1 fully saturated rings. The second-order valence-electron chi connectivity index (χ2n) is 8.44. The van der Waals surface area contributed by atoms with Gasteiger partial charge < -0.3 is 9.88 Å². The van der Waals surface area contributed by atoms with Crippen molar-refractivity contribution in [3.8, 4) is 11.3 Å². The quantitative estimate of drug-likeness (QED) is 0.528. The molecule has 2 aliphatic heterocycles. The molecule has 1 saturated heterocycles. The molecule has 2 aliphatic rings. The molecular formula is C22H21F3N8O2. The third-order valence-electron chi connectivity index (χ3n) is 5.96. The van der Waals surface area contributed by atoms with Gasteiger partial charge in [0.15, 0.2) is 17.4 Å². The van der Waals surface area contributed by atoms with E-state index in [1.165, 1.54) is 11.1 Å². The van der Waals surface area contributed by atoms with E-state index >= 15 is 0 Å². The third kappa shape index (κ3) is 4.66. The lowest BCUT2D eigenvalue weighted by Gasteiger charge is -2.35. The van der Waals surface area contributed by atoms with Crippen LogP contribution in [-0.4, -0.2) is 62.0 Å². The maximum atomic E-state index is 13.4. The van der Waals surface area contributed by atoms with Crippen LogP contribution in [-0.2, 0) is 0 Å². The molecule has 2 bridgehead atoms. The SMILES string of the molecule is Cc1ncc(-c2ccnc(NC(=O)N3c4nc(C(=O)CCC(F)(F)F)ncc4N4CC[C@H]3C4)c2)[nH]1. The van der Waals surface area contributed by atoms with Gasteiger partial charge in [-0.25, -0.2) is 24.7 Å². The zero-order valence-corrected chi connectivity index (χ0v) is 18.6. The maximum absolute atomic E-state index is 13.4. The maximum Gasteiger partial charge on any atom is 0.389 e. The molecule has 3 aromatic rings. The number of Topliss-reactive ketones (excluding diaryl/α,β-unsaturated/α-hetero) is 1. The van der Waals surface area contributed by atoms with E-state index in [4.69, 9.17) is 0 Å². The normalized spacial score (nSPS) is 16.9. The molecular weight excluding hydrogens is 465 g/mol. The zero-order valence-electron chi connectivity index (χ0n) is 18.6. The van der Waals surface area contributed by atoms with E-state index in [-0.39, 0.29) is 17.7 Å². The summed E-state index contributed by atoms with van der Waals surface area (Å²) in [5.74, 6) is 0.0725. The van der Waals surface area contributed by atoms with Crippen molar-refractivity contribution < 1.29 is 22.8 Å². The van der Waals surface area contributed by atoms with Crippen LogP contribution in [0.25, 0.3) is 11.3 Å². The first-order valence-corrected chi connectivity index (χ1v) is 11.0. The van der Waals surface area contributed by atoms with Crippen LogP contribution in [0.1, 0.15) is 35.7 Å². The number of carbonyl (C=O) groups is 2. The number of amides is 2. The minimum atomic E-state index is -4.46. The molecule has 5 heterocycles. The Hall–Kier alpha value is -4.03. The Morgan fingerprint density at radius 3 is 2.80 bits per heavy atom. The third-order valence-corrected chi connectivity index (χ3v) is 5.96. The molecule has 0 unspecified atom stereocenters. The number of imidazole rings is 1. The summed E-state index contributed by atoms with van der Waals surface area (Å²) >= 11 is 0. The number of urea groups is 1. The van der Waals surface area contributed by atoms with Gasteiger partial charge in [0.25, 0.3) is 0 Å². The fourth-order valence-corrected chi connectivity index (χ4v) is 4.28.